The van der Waals surface area contributed by atoms with Crippen LogP contribution in [0.15, 0.2) is 0 Å². The maximum Gasteiger partial charge on any atom is 0.00217 e. The molecule has 1 heterocycles. The summed E-state index contributed by atoms with van der Waals surface area (Å²) < 4.78 is 0. The summed E-state index contributed by atoms with van der Waals surface area (Å²) >= 11 is 0. The molecule has 1 saturated heterocycles. The van der Waals surface area contributed by atoms with Crippen LogP contribution in [0.1, 0.15) is 45.4 Å². The summed E-state index contributed by atoms with van der Waals surface area (Å²) in [5.41, 5.74) is 5.81. The van der Waals surface area contributed by atoms with Crippen molar-refractivity contribution >= 4 is 0 Å². The Labute approximate surface area is 101 Å². The van der Waals surface area contributed by atoms with Gasteiger partial charge in [0.1, 0.15) is 0 Å². The van der Waals surface area contributed by atoms with E-state index in [0.717, 1.165) is 24.3 Å². The molecule has 2 heteroatoms. The first-order valence-electron chi connectivity index (χ1n) is 7.26. The lowest BCUT2D eigenvalue weighted by molar-refractivity contribution is 0.0759. The summed E-state index contributed by atoms with van der Waals surface area (Å²) in [5, 5.41) is 0. The predicted octanol–water partition coefficient (Wildman–Crippen LogP) is 2.48. The highest BCUT2D eigenvalue weighted by atomic mass is 15.1. The Morgan fingerprint density at radius 1 is 1.19 bits per heavy atom. The molecule has 16 heavy (non-hydrogen) atoms. The second-order valence-corrected chi connectivity index (χ2v) is 5.86. The van der Waals surface area contributed by atoms with Crippen LogP contribution in [0.4, 0.5) is 0 Å². The van der Waals surface area contributed by atoms with Crippen molar-refractivity contribution in [3.8, 4) is 0 Å². The van der Waals surface area contributed by atoms with Gasteiger partial charge in [0.15, 0.2) is 0 Å². The van der Waals surface area contributed by atoms with Crippen molar-refractivity contribution in [3.05, 3.63) is 0 Å². The molecule has 3 unspecified atom stereocenters. The van der Waals surface area contributed by atoms with E-state index in [0.29, 0.717) is 0 Å². The van der Waals surface area contributed by atoms with Crippen LogP contribution in [0.3, 0.4) is 0 Å². The Morgan fingerprint density at radius 2 is 1.94 bits per heavy atom. The van der Waals surface area contributed by atoms with Crippen LogP contribution in [0.25, 0.3) is 0 Å². The number of likely N-dealkylation sites (tertiary alicyclic amines) is 1. The Hall–Kier alpha value is -0.0800. The van der Waals surface area contributed by atoms with Crippen LogP contribution >= 0.6 is 0 Å². The van der Waals surface area contributed by atoms with Crippen molar-refractivity contribution in [2.75, 3.05) is 26.2 Å². The van der Waals surface area contributed by atoms with E-state index in [-0.39, 0.29) is 0 Å². The van der Waals surface area contributed by atoms with Gasteiger partial charge in [-0.25, -0.2) is 0 Å². The van der Waals surface area contributed by atoms with E-state index in [4.69, 9.17) is 5.73 Å². The molecule has 2 aliphatic rings. The smallest absolute Gasteiger partial charge is 0.00217 e. The second kappa shape index (κ2) is 6.02. The molecule has 2 fully saturated rings. The number of piperidine rings is 1. The Bertz CT molecular complexity index is 201. The fraction of sp³-hybridized carbons (Fsp3) is 1.00. The summed E-state index contributed by atoms with van der Waals surface area (Å²) in [6.07, 6.45) is 8.64. The first kappa shape index (κ1) is 12.4. The van der Waals surface area contributed by atoms with Crippen LogP contribution in [0, 0.1) is 17.8 Å². The van der Waals surface area contributed by atoms with Gasteiger partial charge in [-0.2, -0.15) is 0 Å². The van der Waals surface area contributed by atoms with E-state index >= 15 is 0 Å². The van der Waals surface area contributed by atoms with E-state index in [1.165, 1.54) is 58.2 Å². The molecule has 2 rings (SSSR count). The van der Waals surface area contributed by atoms with Crippen LogP contribution in [0.2, 0.25) is 0 Å². The zero-order valence-corrected chi connectivity index (χ0v) is 10.8. The normalized spacial score (nSPS) is 33.4. The third-order valence-corrected chi connectivity index (χ3v) is 4.80. The van der Waals surface area contributed by atoms with Crippen LogP contribution in [0.5, 0.6) is 0 Å². The highest BCUT2D eigenvalue weighted by Crippen LogP contribution is 2.36. The molecule has 0 bridgehead atoms. The maximum absolute atomic E-state index is 5.81. The van der Waals surface area contributed by atoms with Gasteiger partial charge in [0, 0.05) is 13.1 Å². The topological polar surface area (TPSA) is 29.3 Å². The standard InChI is InChI=1S/C14H28N2/c1-2-12(9-15)10-16-8-7-13-5-3-4-6-14(13)11-16/h12-14H,2-11,15H2,1H3. The number of nitrogens with two attached hydrogens (primary N) is 1. The minimum atomic E-state index is 0.722. The van der Waals surface area contributed by atoms with Gasteiger partial charge in [0.2, 0.25) is 0 Å². The summed E-state index contributed by atoms with van der Waals surface area (Å²) in [6, 6.07) is 0. The minimum Gasteiger partial charge on any atom is -0.330 e. The van der Waals surface area contributed by atoms with Gasteiger partial charge < -0.3 is 10.6 Å². The van der Waals surface area contributed by atoms with E-state index in [9.17, 15) is 0 Å². The van der Waals surface area contributed by atoms with Gasteiger partial charge in [-0.1, -0.05) is 32.6 Å². The van der Waals surface area contributed by atoms with Crippen LogP contribution in [-0.2, 0) is 0 Å². The fourth-order valence-corrected chi connectivity index (χ4v) is 3.58. The zero-order chi connectivity index (χ0) is 11.4. The maximum atomic E-state index is 5.81. The quantitative estimate of drug-likeness (QED) is 0.795. The number of nitrogens with zero attached hydrogens (tertiary/aromatic N) is 1. The third kappa shape index (κ3) is 2.98. The molecule has 94 valence electrons. The molecular weight excluding hydrogens is 196 g/mol. The van der Waals surface area contributed by atoms with E-state index in [2.05, 4.69) is 11.8 Å². The van der Waals surface area contributed by atoms with Crippen molar-refractivity contribution in [1.82, 2.24) is 4.90 Å². The molecule has 0 radical (unpaired) electrons. The number of fused-ring (bicyclic) bond motifs is 1. The van der Waals surface area contributed by atoms with Crippen molar-refractivity contribution in [3.63, 3.8) is 0 Å². The molecule has 3 atom stereocenters. The summed E-state index contributed by atoms with van der Waals surface area (Å²) in [7, 11) is 0. The van der Waals surface area contributed by atoms with Gasteiger partial charge in [0.25, 0.3) is 0 Å². The second-order valence-electron chi connectivity index (χ2n) is 5.86. The van der Waals surface area contributed by atoms with Crippen molar-refractivity contribution < 1.29 is 0 Å². The van der Waals surface area contributed by atoms with Gasteiger partial charge in [0.05, 0.1) is 0 Å². The lowest BCUT2D eigenvalue weighted by atomic mass is 9.75. The lowest BCUT2D eigenvalue weighted by Crippen LogP contribution is -2.44. The zero-order valence-electron chi connectivity index (χ0n) is 10.8. The monoisotopic (exact) mass is 224 g/mol. The number of hydrogen-bond acceptors (Lipinski definition) is 2. The molecule has 0 spiro atoms. The largest absolute Gasteiger partial charge is 0.330 e. The highest BCUT2D eigenvalue weighted by molar-refractivity contribution is 4.84. The van der Waals surface area contributed by atoms with Gasteiger partial charge in [-0.15, -0.1) is 0 Å². The molecule has 0 amide bonds. The first-order valence-corrected chi connectivity index (χ1v) is 7.26. The van der Waals surface area contributed by atoms with Gasteiger partial charge >= 0.3 is 0 Å². The molecule has 2 nitrogen and oxygen atoms in total. The van der Waals surface area contributed by atoms with Crippen LogP contribution in [-0.4, -0.2) is 31.1 Å². The summed E-state index contributed by atoms with van der Waals surface area (Å²) in [5.74, 6) is 2.79. The molecule has 2 N–H and O–H groups in total. The van der Waals surface area contributed by atoms with Crippen LogP contribution < -0.4 is 5.73 Å². The lowest BCUT2D eigenvalue weighted by Gasteiger charge is -2.42. The average molecular weight is 224 g/mol. The molecule has 1 aliphatic carbocycles. The summed E-state index contributed by atoms with van der Waals surface area (Å²) in [4.78, 5) is 2.69. The SMILES string of the molecule is CCC(CN)CN1CCC2CCCCC2C1. The molecule has 0 aromatic heterocycles. The Kier molecular flexibility index (Phi) is 4.66. The molecule has 1 aliphatic heterocycles. The highest BCUT2D eigenvalue weighted by Gasteiger charge is 2.31. The van der Waals surface area contributed by atoms with Crippen molar-refractivity contribution in [2.24, 2.45) is 23.5 Å². The van der Waals surface area contributed by atoms with Gasteiger partial charge in [-0.05, 0) is 43.7 Å². The van der Waals surface area contributed by atoms with Crippen molar-refractivity contribution in [2.45, 2.75) is 45.4 Å². The average Bonchev–Trinajstić information content (AvgIpc) is 2.35. The number of hydrogen-bond donors (Lipinski definition) is 1. The van der Waals surface area contributed by atoms with E-state index in [1.807, 2.05) is 0 Å². The van der Waals surface area contributed by atoms with E-state index < -0.39 is 0 Å². The molecule has 0 aromatic rings. The first-order chi connectivity index (χ1) is 7.83. The summed E-state index contributed by atoms with van der Waals surface area (Å²) in [6.45, 7) is 7.07. The molecule has 0 aromatic carbocycles. The predicted molar refractivity (Wildman–Crippen MR) is 69.3 cm³/mol. The van der Waals surface area contributed by atoms with E-state index in [1.54, 1.807) is 0 Å². The molecular formula is C14H28N2. The fourth-order valence-electron chi connectivity index (χ4n) is 3.58. The Morgan fingerprint density at radius 3 is 2.62 bits per heavy atom. The third-order valence-electron chi connectivity index (χ3n) is 4.80. The molecule has 1 saturated carbocycles. The Balaban J connectivity index is 1.80. The van der Waals surface area contributed by atoms with Crippen molar-refractivity contribution in [1.29, 1.82) is 0 Å². The minimum absolute atomic E-state index is 0.722. The van der Waals surface area contributed by atoms with Gasteiger partial charge in [-0.3, -0.25) is 0 Å². The number of rotatable bonds is 4.